The van der Waals surface area contributed by atoms with E-state index >= 15 is 0 Å². The Morgan fingerprint density at radius 3 is 2.51 bits per heavy atom. The predicted molar refractivity (Wildman–Crippen MR) is 150 cm³/mol. The summed E-state index contributed by atoms with van der Waals surface area (Å²) in [5.41, 5.74) is 6.24. The van der Waals surface area contributed by atoms with Crippen LogP contribution in [0.15, 0.2) is 36.5 Å². The fourth-order valence-corrected chi connectivity index (χ4v) is 4.91. The number of ether oxygens (including phenoxy) is 1. The maximum atomic E-state index is 14.6. The summed E-state index contributed by atoms with van der Waals surface area (Å²) in [6, 6.07) is 7.01. The molecule has 2 aromatic carbocycles. The molecule has 1 saturated heterocycles. The molecule has 0 bridgehead atoms. The van der Waals surface area contributed by atoms with Crippen molar-refractivity contribution in [3.05, 3.63) is 64.6 Å². The quantitative estimate of drug-likeness (QED) is 0.368. The fraction of sp³-hybridized carbons (Fsp3) is 0.357. The van der Waals surface area contributed by atoms with Crippen molar-refractivity contribution >= 4 is 35.0 Å². The van der Waals surface area contributed by atoms with Crippen LogP contribution >= 0.6 is 11.6 Å². The number of aromatic nitrogens is 2. The average Bonchev–Trinajstić information content (AvgIpc) is 3.35. The Morgan fingerprint density at radius 1 is 1.17 bits per heavy atom. The number of amides is 3. The van der Waals surface area contributed by atoms with Crippen LogP contribution in [-0.2, 0) is 11.8 Å². The Bertz CT molecular complexity index is 1470. The molecule has 1 fully saturated rings. The first kappa shape index (κ1) is 29.9. The number of rotatable bonds is 8. The zero-order valence-corrected chi connectivity index (χ0v) is 23.6. The van der Waals surface area contributed by atoms with Crippen molar-refractivity contribution in [3.8, 4) is 17.0 Å². The van der Waals surface area contributed by atoms with Gasteiger partial charge in [0, 0.05) is 49.9 Å². The maximum absolute atomic E-state index is 14.6. The topological polar surface area (TPSA) is 132 Å². The van der Waals surface area contributed by atoms with Gasteiger partial charge in [0.2, 0.25) is 11.7 Å². The van der Waals surface area contributed by atoms with Crippen LogP contribution in [0.25, 0.3) is 11.3 Å². The molecule has 1 unspecified atom stereocenters. The van der Waals surface area contributed by atoms with E-state index in [1.165, 1.54) is 55.3 Å². The van der Waals surface area contributed by atoms with Gasteiger partial charge < -0.3 is 30.6 Å². The van der Waals surface area contributed by atoms with E-state index in [2.05, 4.69) is 15.6 Å². The Balaban J connectivity index is 1.41. The third kappa shape index (κ3) is 6.33. The Morgan fingerprint density at radius 2 is 1.88 bits per heavy atom. The van der Waals surface area contributed by atoms with Crippen molar-refractivity contribution in [2.45, 2.75) is 25.8 Å². The summed E-state index contributed by atoms with van der Waals surface area (Å²) in [5, 5.41) is 5.67. The lowest BCUT2D eigenvalue weighted by Crippen LogP contribution is -2.46. The van der Waals surface area contributed by atoms with Crippen molar-refractivity contribution in [3.63, 3.8) is 0 Å². The van der Waals surface area contributed by atoms with Gasteiger partial charge in [-0.2, -0.15) is 4.39 Å². The highest BCUT2D eigenvalue weighted by Crippen LogP contribution is 2.30. The molecular formula is C28H31ClF2N6O4. The third-order valence-corrected chi connectivity index (χ3v) is 7.40. The van der Waals surface area contributed by atoms with E-state index in [1.54, 1.807) is 4.90 Å². The summed E-state index contributed by atoms with van der Waals surface area (Å²) in [6.07, 6.45) is 2.32. The molecule has 0 aliphatic carbocycles. The van der Waals surface area contributed by atoms with Gasteiger partial charge in [-0.3, -0.25) is 14.4 Å². The van der Waals surface area contributed by atoms with Crippen molar-refractivity contribution in [2.75, 3.05) is 32.1 Å². The number of carbonyl (C=O) groups is 3. The lowest BCUT2D eigenvalue weighted by Gasteiger charge is -2.32. The number of carbonyl (C=O) groups excluding carboxylic acids is 3. The van der Waals surface area contributed by atoms with Gasteiger partial charge in [0.15, 0.2) is 17.4 Å². The monoisotopic (exact) mass is 588 g/mol. The molecule has 1 atom stereocenters. The van der Waals surface area contributed by atoms with Crippen LogP contribution < -0.4 is 21.1 Å². The van der Waals surface area contributed by atoms with Gasteiger partial charge in [0.1, 0.15) is 0 Å². The highest BCUT2D eigenvalue weighted by atomic mass is 35.5. The number of halogens is 3. The van der Waals surface area contributed by atoms with E-state index in [4.69, 9.17) is 22.1 Å². The minimum atomic E-state index is -1.14. The molecule has 13 heteroatoms. The van der Waals surface area contributed by atoms with Crippen molar-refractivity contribution in [2.24, 2.45) is 18.7 Å². The van der Waals surface area contributed by atoms with Crippen LogP contribution in [0.1, 0.15) is 40.7 Å². The van der Waals surface area contributed by atoms with Gasteiger partial charge in [-0.05, 0) is 50.1 Å². The fourth-order valence-electron chi connectivity index (χ4n) is 4.65. The number of hydrogen-bond acceptors (Lipinski definition) is 6. The van der Waals surface area contributed by atoms with Crippen LogP contribution in [0.3, 0.4) is 0 Å². The molecule has 1 aromatic heterocycles. The molecule has 4 rings (SSSR count). The highest BCUT2D eigenvalue weighted by molar-refractivity contribution is 6.34. The van der Waals surface area contributed by atoms with E-state index < -0.39 is 17.5 Å². The van der Waals surface area contributed by atoms with Crippen molar-refractivity contribution < 1.29 is 27.9 Å². The summed E-state index contributed by atoms with van der Waals surface area (Å²) in [6.45, 7) is 3.00. The Labute approximate surface area is 240 Å². The number of piperidine rings is 1. The van der Waals surface area contributed by atoms with Crippen molar-refractivity contribution in [1.82, 2.24) is 19.8 Å². The average molecular weight is 589 g/mol. The first-order chi connectivity index (χ1) is 19.5. The number of likely N-dealkylation sites (tertiary alicyclic amines) is 1. The molecule has 0 spiro atoms. The first-order valence-corrected chi connectivity index (χ1v) is 13.4. The van der Waals surface area contributed by atoms with E-state index in [9.17, 15) is 23.2 Å². The lowest BCUT2D eigenvalue weighted by atomic mass is 9.95. The Hall–Kier alpha value is -4.03. The van der Waals surface area contributed by atoms with Crippen LogP contribution in [0, 0.1) is 17.6 Å². The summed E-state index contributed by atoms with van der Waals surface area (Å²) >= 11 is 6.41. The molecule has 3 aromatic rings. The molecule has 41 heavy (non-hydrogen) atoms. The number of imidazole rings is 1. The zero-order chi connectivity index (χ0) is 29.8. The molecule has 0 saturated carbocycles. The normalized spacial score (nSPS) is 14.5. The summed E-state index contributed by atoms with van der Waals surface area (Å²) in [4.78, 5) is 44.1. The van der Waals surface area contributed by atoms with E-state index in [-0.39, 0.29) is 57.2 Å². The number of methoxy groups -OCH3 is 1. The number of nitrogens with zero attached hydrogens (tertiary/aromatic N) is 3. The zero-order valence-electron chi connectivity index (χ0n) is 22.8. The van der Waals surface area contributed by atoms with Gasteiger partial charge in [-0.15, -0.1) is 0 Å². The second-order valence-electron chi connectivity index (χ2n) is 9.83. The number of benzene rings is 2. The molecule has 1 aliphatic heterocycles. The van der Waals surface area contributed by atoms with Crippen LogP contribution in [0.5, 0.6) is 5.75 Å². The number of hydrogen-bond donors (Lipinski definition) is 3. The third-order valence-electron chi connectivity index (χ3n) is 7.09. The molecule has 0 radical (unpaired) electrons. The molecule has 10 nitrogen and oxygen atoms in total. The van der Waals surface area contributed by atoms with Gasteiger partial charge >= 0.3 is 0 Å². The summed E-state index contributed by atoms with van der Waals surface area (Å²) < 4.78 is 34.9. The van der Waals surface area contributed by atoms with Gasteiger partial charge in [-0.1, -0.05) is 11.6 Å². The van der Waals surface area contributed by atoms with Crippen LogP contribution in [-0.4, -0.2) is 65.0 Å². The lowest BCUT2D eigenvalue weighted by molar-refractivity contribution is -0.126. The first-order valence-electron chi connectivity index (χ1n) is 13.0. The summed E-state index contributed by atoms with van der Waals surface area (Å²) in [5.74, 6) is -3.71. The van der Waals surface area contributed by atoms with E-state index in [0.29, 0.717) is 38.2 Å². The largest absolute Gasteiger partial charge is 0.494 e. The van der Waals surface area contributed by atoms with Gasteiger partial charge in [-0.25, -0.2) is 9.37 Å². The predicted octanol–water partition coefficient (Wildman–Crippen LogP) is 3.60. The molecule has 3 amide bonds. The van der Waals surface area contributed by atoms with Gasteiger partial charge in [0.05, 0.1) is 29.6 Å². The highest BCUT2D eigenvalue weighted by Gasteiger charge is 2.29. The molecule has 218 valence electrons. The minimum absolute atomic E-state index is 0.0559. The van der Waals surface area contributed by atoms with E-state index in [1.807, 2.05) is 6.92 Å². The van der Waals surface area contributed by atoms with Crippen molar-refractivity contribution in [1.29, 1.82) is 0 Å². The number of nitrogens with one attached hydrogen (secondary N) is 2. The molecular weight excluding hydrogens is 558 g/mol. The Kier molecular flexibility index (Phi) is 9.24. The standard InChI is InChI=1S/C28H31ClF2N6O4/c1-15(13-32)34-26(38)16-8-10-37(11-9-16)28(40)18-5-4-17(12-20(18)29)35-27(39)25-33-14-21(36(25)2)19-6-7-22(41-3)24(31)23(19)30/h4-7,12,14-16H,8-11,13,32H2,1-3H3,(H,34,38)(H,35,39). The summed E-state index contributed by atoms with van der Waals surface area (Å²) in [7, 11) is 2.73. The molecule has 4 N–H and O–H groups in total. The SMILES string of the molecule is COc1ccc(-c2cnc(C(=O)Nc3ccc(C(=O)N4CCC(C(=O)NC(C)CN)CC4)c(Cl)c3)n2C)c(F)c1F. The maximum Gasteiger partial charge on any atom is 0.291 e. The second kappa shape index (κ2) is 12.6. The second-order valence-corrected chi connectivity index (χ2v) is 10.2. The smallest absolute Gasteiger partial charge is 0.291 e. The van der Waals surface area contributed by atoms with Gasteiger partial charge in [0.25, 0.3) is 11.8 Å². The minimum Gasteiger partial charge on any atom is -0.494 e. The number of anilines is 1. The molecule has 1 aliphatic rings. The number of nitrogens with two attached hydrogens (primary N) is 1. The van der Waals surface area contributed by atoms with E-state index in [0.717, 1.165) is 0 Å². The molecule has 2 heterocycles. The van der Waals surface area contributed by atoms with Crippen LogP contribution in [0.2, 0.25) is 5.02 Å². The van der Waals surface area contributed by atoms with Crippen LogP contribution in [0.4, 0.5) is 14.5 Å².